The summed E-state index contributed by atoms with van der Waals surface area (Å²) in [5.74, 6) is 0.557. The first kappa shape index (κ1) is 30.0. The minimum atomic E-state index is -0.486. The molecule has 3 aliphatic rings. The van der Waals surface area contributed by atoms with Gasteiger partial charge in [-0.2, -0.15) is 0 Å². The van der Waals surface area contributed by atoms with Gasteiger partial charge in [-0.25, -0.2) is 0 Å². The summed E-state index contributed by atoms with van der Waals surface area (Å²) in [6.07, 6.45) is 4.94. The van der Waals surface area contributed by atoms with Crippen LogP contribution >= 0.6 is 34.8 Å². The predicted octanol–water partition coefficient (Wildman–Crippen LogP) is 8.07. The molecule has 0 saturated carbocycles. The highest BCUT2D eigenvalue weighted by molar-refractivity contribution is 6.42. The lowest BCUT2D eigenvalue weighted by atomic mass is 9.71. The highest BCUT2D eigenvalue weighted by Crippen LogP contribution is 2.51. The van der Waals surface area contributed by atoms with Crippen LogP contribution in [0.5, 0.6) is 11.5 Å². The van der Waals surface area contributed by atoms with Gasteiger partial charge in [0, 0.05) is 61.6 Å². The number of halogens is 3. The van der Waals surface area contributed by atoms with Crippen LogP contribution in [0, 0.1) is 0 Å². The molecule has 0 atom stereocenters. The zero-order valence-electron chi connectivity index (χ0n) is 23.4. The number of carbonyl (C=O) groups excluding carboxylic acids is 2. The van der Waals surface area contributed by atoms with E-state index in [1.54, 1.807) is 19.2 Å². The summed E-state index contributed by atoms with van der Waals surface area (Å²) in [5.41, 5.74) is 5.08. The van der Waals surface area contributed by atoms with Gasteiger partial charge in [0.05, 0.1) is 21.7 Å². The molecule has 0 unspecified atom stereocenters. The Kier molecular flexibility index (Phi) is 9.65. The third-order valence-corrected chi connectivity index (χ3v) is 8.87. The molecule has 2 aromatic carbocycles. The molecule has 2 aliphatic carbocycles. The molecular formula is C32H34Cl3NO5. The van der Waals surface area contributed by atoms with Crippen LogP contribution in [-0.2, 0) is 20.9 Å². The van der Waals surface area contributed by atoms with E-state index in [4.69, 9.17) is 49.0 Å². The van der Waals surface area contributed by atoms with Gasteiger partial charge in [-0.05, 0) is 74.4 Å². The minimum absolute atomic E-state index is 0.0898. The van der Waals surface area contributed by atoms with Gasteiger partial charge in [0.15, 0.2) is 23.1 Å². The van der Waals surface area contributed by atoms with Crippen molar-refractivity contribution in [2.24, 2.45) is 0 Å². The molecule has 0 saturated heterocycles. The van der Waals surface area contributed by atoms with Crippen molar-refractivity contribution < 1.29 is 23.8 Å². The zero-order valence-corrected chi connectivity index (χ0v) is 25.6. The maximum atomic E-state index is 13.6. The van der Waals surface area contributed by atoms with E-state index in [-0.39, 0.29) is 18.2 Å². The number of allylic oxidation sites excluding steroid dienone is 4. The molecule has 218 valence electrons. The monoisotopic (exact) mass is 617 g/mol. The number of nitrogens with zero attached hydrogens (tertiary/aromatic N) is 1. The Morgan fingerprint density at radius 2 is 1.54 bits per heavy atom. The van der Waals surface area contributed by atoms with Crippen LogP contribution in [0.4, 0.5) is 0 Å². The van der Waals surface area contributed by atoms with E-state index in [9.17, 15) is 9.59 Å². The molecule has 0 N–H and O–H groups in total. The molecule has 1 heterocycles. The minimum Gasteiger partial charge on any atom is -0.490 e. The first-order chi connectivity index (χ1) is 19.8. The van der Waals surface area contributed by atoms with Crippen LogP contribution in [0.2, 0.25) is 15.1 Å². The van der Waals surface area contributed by atoms with E-state index in [1.807, 2.05) is 25.1 Å². The van der Waals surface area contributed by atoms with E-state index >= 15 is 0 Å². The van der Waals surface area contributed by atoms with E-state index in [2.05, 4.69) is 4.90 Å². The Bertz CT molecular complexity index is 1370. The number of hydrogen-bond acceptors (Lipinski definition) is 6. The Hall–Kier alpha value is -2.51. The number of Topliss-reactive ketones (excluding diaryl/α,β-unsaturated/α-hetero) is 2. The molecule has 0 bridgehead atoms. The Morgan fingerprint density at radius 3 is 2.15 bits per heavy atom. The van der Waals surface area contributed by atoms with Crippen molar-refractivity contribution in [2.45, 2.75) is 64.4 Å². The van der Waals surface area contributed by atoms with Gasteiger partial charge in [-0.3, -0.25) is 9.59 Å². The smallest absolute Gasteiger partial charge is 0.180 e. The van der Waals surface area contributed by atoms with Crippen molar-refractivity contribution in [3.63, 3.8) is 0 Å². The quantitative estimate of drug-likeness (QED) is 0.251. The summed E-state index contributed by atoms with van der Waals surface area (Å²) in [5, 5.41) is 1.26. The van der Waals surface area contributed by atoms with Gasteiger partial charge in [-0.1, -0.05) is 40.9 Å². The molecule has 0 aromatic heterocycles. The molecule has 9 heteroatoms. The van der Waals surface area contributed by atoms with Gasteiger partial charge >= 0.3 is 0 Å². The van der Waals surface area contributed by atoms with Gasteiger partial charge in [0.1, 0.15) is 6.61 Å². The highest BCUT2D eigenvalue weighted by atomic mass is 35.5. The Morgan fingerprint density at radius 1 is 0.854 bits per heavy atom. The fraction of sp³-hybridized carbons (Fsp3) is 0.438. The fourth-order valence-corrected chi connectivity index (χ4v) is 6.72. The van der Waals surface area contributed by atoms with Gasteiger partial charge in [0.2, 0.25) is 0 Å². The summed E-state index contributed by atoms with van der Waals surface area (Å²) in [4.78, 5) is 29.4. The summed E-state index contributed by atoms with van der Waals surface area (Å²) >= 11 is 19.1. The Labute approximate surface area is 256 Å². The first-order valence-electron chi connectivity index (χ1n) is 14.2. The molecule has 6 nitrogen and oxygen atoms in total. The molecule has 41 heavy (non-hydrogen) atoms. The summed E-state index contributed by atoms with van der Waals surface area (Å²) in [7, 11) is 1.69. The van der Waals surface area contributed by atoms with Crippen LogP contribution < -0.4 is 9.47 Å². The van der Waals surface area contributed by atoms with E-state index < -0.39 is 5.92 Å². The highest BCUT2D eigenvalue weighted by Gasteiger charge is 2.43. The first-order valence-corrected chi connectivity index (χ1v) is 15.3. The topological polar surface area (TPSA) is 65.1 Å². The van der Waals surface area contributed by atoms with Crippen molar-refractivity contribution >= 4 is 46.4 Å². The number of hydrogen-bond donors (Lipinski definition) is 0. The van der Waals surface area contributed by atoms with Gasteiger partial charge in [0.25, 0.3) is 0 Å². The average molecular weight is 619 g/mol. The lowest BCUT2D eigenvalue weighted by Crippen LogP contribution is -2.39. The maximum Gasteiger partial charge on any atom is 0.180 e. The van der Waals surface area contributed by atoms with Crippen molar-refractivity contribution in [2.75, 3.05) is 26.9 Å². The van der Waals surface area contributed by atoms with Crippen molar-refractivity contribution in [3.8, 4) is 11.5 Å². The van der Waals surface area contributed by atoms with Crippen molar-refractivity contribution in [1.29, 1.82) is 0 Å². The molecule has 1 aliphatic heterocycles. The third-order valence-electron chi connectivity index (χ3n) is 7.85. The molecule has 0 fully saturated rings. The van der Waals surface area contributed by atoms with Crippen LogP contribution in [0.3, 0.4) is 0 Å². The largest absolute Gasteiger partial charge is 0.490 e. The normalized spacial score (nSPS) is 17.6. The zero-order chi connectivity index (χ0) is 29.1. The van der Waals surface area contributed by atoms with Crippen LogP contribution in [0.25, 0.3) is 0 Å². The summed E-state index contributed by atoms with van der Waals surface area (Å²) in [6.45, 7) is 3.81. The number of rotatable bonds is 10. The van der Waals surface area contributed by atoms with E-state index in [0.29, 0.717) is 70.3 Å². The summed E-state index contributed by atoms with van der Waals surface area (Å²) < 4.78 is 17.5. The standard InChI is InChI=1S/C32H34Cl3NO5/c1-3-40-28-17-20(16-23(35)32(28)41-18-19-11-12-21(33)22(34)15-19)29-30-24(7-4-9-26(30)37)36(13-6-14-39-2)25-8-5-10-27(38)31(25)29/h11-12,15-17,29H,3-10,13-14,18H2,1-2H3. The lowest BCUT2D eigenvalue weighted by Gasteiger charge is -2.44. The number of methoxy groups -OCH3 is 1. The number of carbonyl (C=O) groups is 2. The second kappa shape index (κ2) is 13.2. The lowest BCUT2D eigenvalue weighted by molar-refractivity contribution is -0.117. The Balaban J connectivity index is 1.58. The second-order valence-electron chi connectivity index (χ2n) is 10.5. The SMILES string of the molecule is CCOc1cc(C2C3=C(CCCC3=O)N(CCCOC)C3=C2C(=O)CCC3)cc(Cl)c1OCc1ccc(Cl)c(Cl)c1. The average Bonchev–Trinajstić information content (AvgIpc) is 2.95. The second-order valence-corrected chi connectivity index (χ2v) is 11.7. The maximum absolute atomic E-state index is 13.6. The number of benzene rings is 2. The predicted molar refractivity (Wildman–Crippen MR) is 161 cm³/mol. The molecular weight excluding hydrogens is 585 g/mol. The van der Waals surface area contributed by atoms with Crippen molar-refractivity contribution in [3.05, 3.63) is 79.1 Å². The van der Waals surface area contributed by atoms with Crippen molar-refractivity contribution in [1.82, 2.24) is 4.90 Å². The van der Waals surface area contributed by atoms with Crippen LogP contribution in [0.1, 0.15) is 68.9 Å². The summed E-state index contributed by atoms with van der Waals surface area (Å²) in [6, 6.07) is 9.00. The molecule has 0 spiro atoms. The van der Waals surface area contributed by atoms with E-state index in [1.165, 1.54) is 0 Å². The molecule has 5 rings (SSSR count). The van der Waals surface area contributed by atoms with Crippen LogP contribution in [-0.4, -0.2) is 43.3 Å². The molecule has 2 aromatic rings. The fourth-order valence-electron chi connectivity index (χ4n) is 6.13. The molecule has 0 radical (unpaired) electrons. The third kappa shape index (κ3) is 6.17. The number of ether oxygens (including phenoxy) is 3. The molecule has 0 amide bonds. The van der Waals surface area contributed by atoms with Gasteiger partial charge < -0.3 is 19.1 Å². The van der Waals surface area contributed by atoms with E-state index in [0.717, 1.165) is 54.6 Å². The van der Waals surface area contributed by atoms with Crippen LogP contribution in [0.15, 0.2) is 52.9 Å². The number of ketones is 2. The van der Waals surface area contributed by atoms with Gasteiger partial charge in [-0.15, -0.1) is 0 Å².